The summed E-state index contributed by atoms with van der Waals surface area (Å²) in [6.45, 7) is 0. The maximum absolute atomic E-state index is 11.7. The summed E-state index contributed by atoms with van der Waals surface area (Å²) in [5.41, 5.74) is 0.166. The van der Waals surface area contributed by atoms with Gasteiger partial charge in [0.25, 0.3) is 5.91 Å². The van der Waals surface area contributed by atoms with E-state index in [4.69, 9.17) is 11.6 Å². The first kappa shape index (κ1) is 10.9. The maximum atomic E-state index is 11.7. The van der Waals surface area contributed by atoms with Crippen molar-refractivity contribution in [3.05, 3.63) is 40.4 Å². The van der Waals surface area contributed by atoms with Crippen molar-refractivity contribution in [3.63, 3.8) is 0 Å². The van der Waals surface area contributed by atoms with Crippen LogP contribution in [0, 0.1) is 0 Å². The van der Waals surface area contributed by atoms with Crippen LogP contribution in [-0.2, 0) is 0 Å². The van der Waals surface area contributed by atoms with E-state index in [1.807, 2.05) is 0 Å². The molecular formula is C10H7ClN2O2S. The highest BCUT2D eigenvalue weighted by molar-refractivity contribution is 7.13. The second-order valence-electron chi connectivity index (χ2n) is 2.95. The van der Waals surface area contributed by atoms with Gasteiger partial charge >= 0.3 is 0 Å². The predicted octanol–water partition coefficient (Wildman–Crippen LogP) is 2.75. The van der Waals surface area contributed by atoms with Crippen molar-refractivity contribution in [1.82, 2.24) is 4.98 Å². The molecule has 4 nitrogen and oxygen atoms in total. The number of anilines is 1. The average molecular weight is 255 g/mol. The van der Waals surface area contributed by atoms with E-state index in [2.05, 4.69) is 10.3 Å². The summed E-state index contributed by atoms with van der Waals surface area (Å²) in [6, 6.07) is 4.32. The molecule has 0 aliphatic carbocycles. The lowest BCUT2D eigenvalue weighted by Crippen LogP contribution is -2.11. The van der Waals surface area contributed by atoms with Gasteiger partial charge in [0.1, 0.15) is 5.75 Å². The van der Waals surface area contributed by atoms with Gasteiger partial charge in [0, 0.05) is 16.6 Å². The van der Waals surface area contributed by atoms with E-state index in [9.17, 15) is 9.90 Å². The van der Waals surface area contributed by atoms with Crippen molar-refractivity contribution in [2.75, 3.05) is 5.32 Å². The summed E-state index contributed by atoms with van der Waals surface area (Å²) in [4.78, 5) is 15.6. The Labute approximate surface area is 101 Å². The molecule has 6 heteroatoms. The smallest absolute Gasteiger partial charge is 0.261 e. The van der Waals surface area contributed by atoms with Gasteiger partial charge in [-0.25, -0.2) is 4.98 Å². The number of amides is 1. The minimum Gasteiger partial charge on any atom is -0.507 e. The zero-order valence-electron chi connectivity index (χ0n) is 7.98. The highest BCUT2D eigenvalue weighted by Crippen LogP contribution is 2.23. The van der Waals surface area contributed by atoms with Gasteiger partial charge in [-0.05, 0) is 18.2 Å². The molecule has 0 unspecified atom stereocenters. The lowest BCUT2D eigenvalue weighted by Gasteiger charge is -2.04. The number of aromatic nitrogens is 1. The van der Waals surface area contributed by atoms with Gasteiger partial charge in [0.15, 0.2) is 5.13 Å². The molecule has 0 fully saturated rings. The van der Waals surface area contributed by atoms with E-state index in [-0.39, 0.29) is 11.3 Å². The normalized spacial score (nSPS) is 10.1. The number of hydrogen-bond donors (Lipinski definition) is 2. The summed E-state index contributed by atoms with van der Waals surface area (Å²) in [6.07, 6.45) is 1.59. The second-order valence-corrected chi connectivity index (χ2v) is 4.28. The minimum atomic E-state index is -0.413. The number of phenolic OH excluding ortho intramolecular Hbond substituents is 1. The molecule has 1 aromatic heterocycles. The summed E-state index contributed by atoms with van der Waals surface area (Å²) in [5.74, 6) is -0.564. The monoisotopic (exact) mass is 254 g/mol. The second kappa shape index (κ2) is 4.51. The Morgan fingerprint density at radius 3 is 2.94 bits per heavy atom. The molecule has 0 radical (unpaired) electrons. The Morgan fingerprint density at radius 1 is 1.50 bits per heavy atom. The quantitative estimate of drug-likeness (QED) is 0.866. The molecule has 0 aliphatic rings. The van der Waals surface area contributed by atoms with E-state index < -0.39 is 5.91 Å². The third-order valence-corrected chi connectivity index (χ3v) is 2.78. The predicted molar refractivity (Wildman–Crippen MR) is 63.2 cm³/mol. The number of thiazole rings is 1. The Morgan fingerprint density at radius 2 is 2.31 bits per heavy atom. The number of rotatable bonds is 2. The van der Waals surface area contributed by atoms with Crippen LogP contribution in [0.1, 0.15) is 10.4 Å². The molecular weight excluding hydrogens is 248 g/mol. The lowest BCUT2D eigenvalue weighted by atomic mass is 10.2. The standard InChI is InChI=1S/C10H7ClN2O2S/c11-6-1-2-7(8(14)5-6)9(15)13-10-12-3-4-16-10/h1-5,14H,(H,12,13,15). The van der Waals surface area contributed by atoms with Gasteiger partial charge in [-0.1, -0.05) is 11.6 Å². The van der Waals surface area contributed by atoms with Gasteiger partial charge in [0.05, 0.1) is 5.56 Å². The van der Waals surface area contributed by atoms with Crippen molar-refractivity contribution in [2.24, 2.45) is 0 Å². The summed E-state index contributed by atoms with van der Waals surface area (Å²) in [7, 11) is 0. The molecule has 2 N–H and O–H groups in total. The fourth-order valence-electron chi connectivity index (χ4n) is 1.15. The first-order valence-corrected chi connectivity index (χ1v) is 5.62. The highest BCUT2D eigenvalue weighted by Gasteiger charge is 2.12. The third kappa shape index (κ3) is 2.32. The van der Waals surface area contributed by atoms with Crippen molar-refractivity contribution in [2.45, 2.75) is 0 Å². The van der Waals surface area contributed by atoms with Crippen LogP contribution in [-0.4, -0.2) is 16.0 Å². The van der Waals surface area contributed by atoms with Crippen LogP contribution in [0.5, 0.6) is 5.75 Å². The molecule has 1 heterocycles. The van der Waals surface area contributed by atoms with Gasteiger partial charge in [-0.2, -0.15) is 0 Å². The summed E-state index contributed by atoms with van der Waals surface area (Å²) in [5, 5.41) is 14.7. The van der Waals surface area contributed by atoms with Crippen LogP contribution in [0.3, 0.4) is 0 Å². The van der Waals surface area contributed by atoms with Gasteiger partial charge in [-0.3, -0.25) is 10.1 Å². The SMILES string of the molecule is O=C(Nc1nccs1)c1ccc(Cl)cc1O. The number of carbonyl (C=O) groups is 1. The van der Waals surface area contributed by atoms with Crippen LogP contribution < -0.4 is 5.32 Å². The van der Waals surface area contributed by atoms with E-state index in [0.717, 1.165) is 0 Å². The number of nitrogens with one attached hydrogen (secondary N) is 1. The first-order valence-electron chi connectivity index (χ1n) is 4.36. The Bertz CT molecular complexity index is 514. The lowest BCUT2D eigenvalue weighted by molar-refractivity contribution is 0.102. The number of hydrogen-bond acceptors (Lipinski definition) is 4. The molecule has 2 rings (SSSR count). The molecule has 16 heavy (non-hydrogen) atoms. The van der Waals surface area contributed by atoms with E-state index in [0.29, 0.717) is 10.2 Å². The van der Waals surface area contributed by atoms with Crippen LogP contribution in [0.25, 0.3) is 0 Å². The molecule has 0 saturated heterocycles. The Balaban J connectivity index is 2.21. The van der Waals surface area contributed by atoms with Gasteiger partial charge < -0.3 is 5.11 Å². The molecule has 1 amide bonds. The molecule has 1 aromatic carbocycles. The molecule has 0 saturated carbocycles. The zero-order valence-corrected chi connectivity index (χ0v) is 9.55. The van der Waals surface area contributed by atoms with Crippen LogP contribution in [0.15, 0.2) is 29.8 Å². The number of nitrogens with zero attached hydrogens (tertiary/aromatic N) is 1. The van der Waals surface area contributed by atoms with E-state index in [1.165, 1.54) is 29.5 Å². The summed E-state index contributed by atoms with van der Waals surface area (Å²) >= 11 is 6.97. The number of carbonyl (C=O) groups excluding carboxylic acids is 1. The largest absolute Gasteiger partial charge is 0.507 e. The van der Waals surface area contributed by atoms with Crippen LogP contribution in [0.4, 0.5) is 5.13 Å². The van der Waals surface area contributed by atoms with E-state index >= 15 is 0 Å². The molecule has 0 atom stereocenters. The molecule has 0 aliphatic heterocycles. The summed E-state index contributed by atoms with van der Waals surface area (Å²) < 4.78 is 0. The average Bonchev–Trinajstić information content (AvgIpc) is 2.70. The third-order valence-electron chi connectivity index (χ3n) is 1.86. The van der Waals surface area contributed by atoms with Crippen LogP contribution >= 0.6 is 22.9 Å². The van der Waals surface area contributed by atoms with Crippen LogP contribution in [0.2, 0.25) is 5.02 Å². The molecule has 0 bridgehead atoms. The molecule has 82 valence electrons. The van der Waals surface area contributed by atoms with Gasteiger partial charge in [0.2, 0.25) is 0 Å². The number of halogens is 1. The van der Waals surface area contributed by atoms with Crippen molar-refractivity contribution >= 4 is 34.0 Å². The fraction of sp³-hybridized carbons (Fsp3) is 0. The number of phenols is 1. The molecule has 2 aromatic rings. The zero-order chi connectivity index (χ0) is 11.5. The van der Waals surface area contributed by atoms with Gasteiger partial charge in [-0.15, -0.1) is 11.3 Å². The topological polar surface area (TPSA) is 62.2 Å². The van der Waals surface area contributed by atoms with Crippen molar-refractivity contribution < 1.29 is 9.90 Å². The Hall–Kier alpha value is -1.59. The van der Waals surface area contributed by atoms with E-state index in [1.54, 1.807) is 11.6 Å². The minimum absolute atomic E-state index is 0.151. The number of aromatic hydroxyl groups is 1. The van der Waals surface area contributed by atoms with Crippen molar-refractivity contribution in [3.8, 4) is 5.75 Å². The maximum Gasteiger partial charge on any atom is 0.261 e. The van der Waals surface area contributed by atoms with Crippen molar-refractivity contribution in [1.29, 1.82) is 0 Å². The number of benzene rings is 1. The Kier molecular flexibility index (Phi) is 3.07. The first-order chi connectivity index (χ1) is 7.66. The fourth-order valence-corrected chi connectivity index (χ4v) is 1.84. The highest BCUT2D eigenvalue weighted by atomic mass is 35.5. The molecule has 0 spiro atoms.